The third kappa shape index (κ3) is 1.89. The Kier molecular flexibility index (Phi) is 3.11. The summed E-state index contributed by atoms with van der Waals surface area (Å²) in [7, 11) is 0. The van der Waals surface area contributed by atoms with Gasteiger partial charge in [-0.15, -0.1) is 0 Å². The molecule has 0 aliphatic rings. The zero-order valence-electron chi connectivity index (χ0n) is 9.73. The fourth-order valence-corrected chi connectivity index (χ4v) is 1.97. The first-order valence-corrected chi connectivity index (χ1v) is 5.64. The van der Waals surface area contributed by atoms with Crippen molar-refractivity contribution in [3.63, 3.8) is 0 Å². The Balaban J connectivity index is 2.67. The van der Waals surface area contributed by atoms with Crippen molar-refractivity contribution in [3.8, 4) is 5.75 Å². The molecule has 0 heterocycles. The quantitative estimate of drug-likeness (QED) is 0.853. The van der Waals surface area contributed by atoms with Crippen molar-refractivity contribution >= 4 is 10.8 Å². The highest BCUT2D eigenvalue weighted by molar-refractivity contribution is 5.91. The van der Waals surface area contributed by atoms with E-state index in [1.165, 1.54) is 10.9 Å². The maximum absolute atomic E-state index is 5.96. The van der Waals surface area contributed by atoms with E-state index in [1.54, 1.807) is 0 Å². The summed E-state index contributed by atoms with van der Waals surface area (Å²) in [6.07, 6.45) is 0. The molecular formula is C14H17NO. The van der Waals surface area contributed by atoms with Gasteiger partial charge in [0.1, 0.15) is 5.75 Å². The number of nitrogens with two attached hydrogens (primary N) is 1. The second-order valence-corrected chi connectivity index (χ2v) is 3.92. The Hall–Kier alpha value is -1.54. The molecule has 0 spiro atoms. The first-order chi connectivity index (χ1) is 7.74. The normalized spacial score (nSPS) is 12.7. The molecule has 0 aliphatic heterocycles. The molecule has 1 atom stereocenters. The van der Waals surface area contributed by atoms with Gasteiger partial charge in [0.2, 0.25) is 0 Å². The van der Waals surface area contributed by atoms with Crippen LogP contribution >= 0.6 is 0 Å². The summed E-state index contributed by atoms with van der Waals surface area (Å²) >= 11 is 0. The van der Waals surface area contributed by atoms with Crippen LogP contribution in [0.15, 0.2) is 36.4 Å². The van der Waals surface area contributed by atoms with Crippen molar-refractivity contribution in [2.75, 3.05) is 6.61 Å². The molecule has 0 radical (unpaired) electrons. The minimum atomic E-state index is 0.0422. The summed E-state index contributed by atoms with van der Waals surface area (Å²) in [5.74, 6) is 0.933. The van der Waals surface area contributed by atoms with Crippen LogP contribution in [0, 0.1) is 0 Å². The van der Waals surface area contributed by atoms with Gasteiger partial charge in [0.25, 0.3) is 0 Å². The van der Waals surface area contributed by atoms with Crippen molar-refractivity contribution in [3.05, 3.63) is 42.0 Å². The Bertz CT molecular complexity index is 491. The van der Waals surface area contributed by atoms with E-state index >= 15 is 0 Å². The maximum atomic E-state index is 5.96. The van der Waals surface area contributed by atoms with E-state index in [4.69, 9.17) is 10.5 Å². The zero-order valence-corrected chi connectivity index (χ0v) is 9.73. The predicted octanol–water partition coefficient (Wildman–Crippen LogP) is 3.26. The molecule has 0 aromatic heterocycles. The monoisotopic (exact) mass is 215 g/mol. The minimum Gasteiger partial charge on any atom is -0.493 e. The molecular weight excluding hydrogens is 198 g/mol. The maximum Gasteiger partial charge on any atom is 0.127 e. The van der Waals surface area contributed by atoms with Gasteiger partial charge in [-0.1, -0.05) is 30.3 Å². The zero-order chi connectivity index (χ0) is 11.5. The Morgan fingerprint density at radius 2 is 1.81 bits per heavy atom. The van der Waals surface area contributed by atoms with Gasteiger partial charge in [0.05, 0.1) is 6.61 Å². The van der Waals surface area contributed by atoms with Crippen LogP contribution in [0.5, 0.6) is 5.75 Å². The van der Waals surface area contributed by atoms with Crippen molar-refractivity contribution in [1.29, 1.82) is 0 Å². The van der Waals surface area contributed by atoms with E-state index in [0.29, 0.717) is 6.61 Å². The summed E-state index contributed by atoms with van der Waals surface area (Å²) < 4.78 is 5.61. The van der Waals surface area contributed by atoms with Crippen LogP contribution < -0.4 is 10.5 Å². The Morgan fingerprint density at radius 3 is 2.44 bits per heavy atom. The fraction of sp³-hybridized carbons (Fsp3) is 0.286. The largest absolute Gasteiger partial charge is 0.493 e. The lowest BCUT2D eigenvalue weighted by atomic mass is 9.99. The van der Waals surface area contributed by atoms with Gasteiger partial charge < -0.3 is 10.5 Å². The van der Waals surface area contributed by atoms with Gasteiger partial charge in [-0.2, -0.15) is 0 Å². The molecule has 0 saturated heterocycles. The smallest absolute Gasteiger partial charge is 0.127 e. The molecule has 0 fully saturated rings. The molecule has 2 N–H and O–H groups in total. The standard InChI is InChI=1S/C14H17NO/c1-3-16-14-9-8-11(10(2)15)12-6-4-5-7-13(12)14/h4-10H,3,15H2,1-2H3. The lowest BCUT2D eigenvalue weighted by Gasteiger charge is -2.13. The molecule has 84 valence electrons. The summed E-state index contributed by atoms with van der Waals surface area (Å²) in [5.41, 5.74) is 7.13. The molecule has 2 heteroatoms. The second-order valence-electron chi connectivity index (χ2n) is 3.92. The summed E-state index contributed by atoms with van der Waals surface area (Å²) in [6, 6.07) is 12.3. The lowest BCUT2D eigenvalue weighted by molar-refractivity contribution is 0.344. The lowest BCUT2D eigenvalue weighted by Crippen LogP contribution is -2.06. The number of fused-ring (bicyclic) bond motifs is 1. The van der Waals surface area contributed by atoms with E-state index in [1.807, 2.05) is 32.0 Å². The van der Waals surface area contributed by atoms with Gasteiger partial charge in [0, 0.05) is 11.4 Å². The number of benzene rings is 2. The Morgan fingerprint density at radius 1 is 1.12 bits per heavy atom. The molecule has 0 amide bonds. The first kappa shape index (κ1) is 11.0. The van der Waals surface area contributed by atoms with E-state index in [-0.39, 0.29) is 6.04 Å². The molecule has 0 bridgehead atoms. The number of rotatable bonds is 3. The average Bonchev–Trinajstić information content (AvgIpc) is 2.29. The van der Waals surface area contributed by atoms with E-state index < -0.39 is 0 Å². The topological polar surface area (TPSA) is 35.2 Å². The van der Waals surface area contributed by atoms with Crippen LogP contribution in [0.2, 0.25) is 0 Å². The molecule has 1 unspecified atom stereocenters. The highest BCUT2D eigenvalue weighted by Crippen LogP contribution is 2.30. The van der Waals surface area contributed by atoms with Crippen LogP contribution in [0.3, 0.4) is 0 Å². The van der Waals surface area contributed by atoms with E-state index in [0.717, 1.165) is 11.1 Å². The fourth-order valence-electron chi connectivity index (χ4n) is 1.97. The van der Waals surface area contributed by atoms with Crippen molar-refractivity contribution < 1.29 is 4.74 Å². The molecule has 2 aromatic rings. The molecule has 2 aromatic carbocycles. The predicted molar refractivity (Wildman–Crippen MR) is 67.7 cm³/mol. The van der Waals surface area contributed by atoms with E-state index in [9.17, 15) is 0 Å². The van der Waals surface area contributed by atoms with Crippen LogP contribution in [-0.4, -0.2) is 6.61 Å². The molecule has 16 heavy (non-hydrogen) atoms. The van der Waals surface area contributed by atoms with Gasteiger partial charge in [-0.3, -0.25) is 0 Å². The number of hydrogen-bond acceptors (Lipinski definition) is 2. The number of ether oxygens (including phenoxy) is 1. The van der Waals surface area contributed by atoms with Crippen molar-refractivity contribution in [2.45, 2.75) is 19.9 Å². The minimum absolute atomic E-state index is 0.0422. The van der Waals surface area contributed by atoms with Crippen molar-refractivity contribution in [1.82, 2.24) is 0 Å². The summed E-state index contributed by atoms with van der Waals surface area (Å²) in [5, 5.41) is 2.32. The Labute approximate surface area is 96.0 Å². The van der Waals surface area contributed by atoms with E-state index in [2.05, 4.69) is 18.2 Å². The van der Waals surface area contributed by atoms with Gasteiger partial charge in [-0.05, 0) is 30.9 Å². The van der Waals surface area contributed by atoms with Crippen LogP contribution in [-0.2, 0) is 0 Å². The first-order valence-electron chi connectivity index (χ1n) is 5.64. The van der Waals surface area contributed by atoms with Crippen LogP contribution in [0.1, 0.15) is 25.5 Å². The molecule has 0 aliphatic carbocycles. The molecule has 0 saturated carbocycles. The van der Waals surface area contributed by atoms with Crippen LogP contribution in [0.25, 0.3) is 10.8 Å². The highest BCUT2D eigenvalue weighted by atomic mass is 16.5. The molecule has 2 nitrogen and oxygen atoms in total. The average molecular weight is 215 g/mol. The second kappa shape index (κ2) is 4.54. The summed E-state index contributed by atoms with van der Waals surface area (Å²) in [6.45, 7) is 4.68. The van der Waals surface area contributed by atoms with Crippen LogP contribution in [0.4, 0.5) is 0 Å². The highest BCUT2D eigenvalue weighted by Gasteiger charge is 2.08. The van der Waals surface area contributed by atoms with Gasteiger partial charge in [-0.25, -0.2) is 0 Å². The van der Waals surface area contributed by atoms with Gasteiger partial charge in [0.15, 0.2) is 0 Å². The third-order valence-electron chi connectivity index (χ3n) is 2.71. The number of hydrogen-bond donors (Lipinski definition) is 1. The third-order valence-corrected chi connectivity index (χ3v) is 2.71. The van der Waals surface area contributed by atoms with Gasteiger partial charge >= 0.3 is 0 Å². The SMILES string of the molecule is CCOc1ccc(C(C)N)c2ccccc12. The van der Waals surface area contributed by atoms with Crippen molar-refractivity contribution in [2.24, 2.45) is 5.73 Å². The molecule has 2 rings (SSSR count). The summed E-state index contributed by atoms with van der Waals surface area (Å²) in [4.78, 5) is 0.